The maximum Gasteiger partial charge on any atom is 0.165 e. The molecular formula is C11H18ClNO2. The first-order valence-electron chi connectivity index (χ1n) is 4.71. The summed E-state index contributed by atoms with van der Waals surface area (Å²) in [4.78, 5) is 0. The van der Waals surface area contributed by atoms with E-state index in [1.807, 2.05) is 25.1 Å². The Hall–Kier alpha value is -0.930. The smallest absolute Gasteiger partial charge is 0.165 e. The fourth-order valence-electron chi connectivity index (χ4n) is 1.42. The van der Waals surface area contributed by atoms with Crippen molar-refractivity contribution < 1.29 is 9.47 Å². The van der Waals surface area contributed by atoms with E-state index in [2.05, 4.69) is 0 Å². The molecule has 2 N–H and O–H groups in total. The van der Waals surface area contributed by atoms with Crippen LogP contribution >= 0.6 is 12.4 Å². The van der Waals surface area contributed by atoms with Gasteiger partial charge in [0.1, 0.15) is 0 Å². The first-order valence-corrected chi connectivity index (χ1v) is 4.71. The Kier molecular flexibility index (Phi) is 6.13. The van der Waals surface area contributed by atoms with E-state index < -0.39 is 0 Å². The molecule has 0 saturated carbocycles. The molecular weight excluding hydrogens is 214 g/mol. The van der Waals surface area contributed by atoms with Crippen LogP contribution in [0.2, 0.25) is 0 Å². The lowest BCUT2D eigenvalue weighted by atomic mass is 10.0. The first-order chi connectivity index (χ1) is 6.74. The van der Waals surface area contributed by atoms with Crippen LogP contribution in [0.25, 0.3) is 0 Å². The molecule has 0 aliphatic heterocycles. The van der Waals surface area contributed by atoms with Gasteiger partial charge in [0.25, 0.3) is 0 Å². The Bertz CT molecular complexity index is 305. The number of hydrogen-bond donors (Lipinski definition) is 1. The summed E-state index contributed by atoms with van der Waals surface area (Å²) < 4.78 is 10.5. The minimum atomic E-state index is 0. The van der Waals surface area contributed by atoms with Crippen molar-refractivity contribution in [3.8, 4) is 11.5 Å². The molecule has 15 heavy (non-hydrogen) atoms. The van der Waals surface area contributed by atoms with E-state index in [4.69, 9.17) is 15.2 Å². The zero-order valence-electron chi connectivity index (χ0n) is 9.32. The van der Waals surface area contributed by atoms with Crippen LogP contribution in [0.15, 0.2) is 18.2 Å². The second-order valence-corrected chi connectivity index (χ2v) is 3.10. The zero-order chi connectivity index (χ0) is 10.6. The largest absolute Gasteiger partial charge is 0.493 e. The van der Waals surface area contributed by atoms with Crippen LogP contribution in [0.1, 0.15) is 24.9 Å². The molecule has 0 fully saturated rings. The molecule has 0 radical (unpaired) electrons. The van der Waals surface area contributed by atoms with Gasteiger partial charge in [0, 0.05) is 11.6 Å². The maximum atomic E-state index is 5.96. The molecule has 1 rings (SSSR count). The van der Waals surface area contributed by atoms with Gasteiger partial charge >= 0.3 is 0 Å². The SMILES string of the molecule is CC[C@H](N)c1cccc(OC)c1OC.Cl. The summed E-state index contributed by atoms with van der Waals surface area (Å²) in [5, 5.41) is 0. The van der Waals surface area contributed by atoms with Crippen LogP contribution in [0.4, 0.5) is 0 Å². The standard InChI is InChI=1S/C11H17NO2.ClH/c1-4-9(12)8-6-5-7-10(13-2)11(8)14-3;/h5-7,9H,4,12H2,1-3H3;1H/t9-;/m0./s1. The molecule has 1 aromatic carbocycles. The molecule has 0 aromatic heterocycles. The van der Waals surface area contributed by atoms with Crippen LogP contribution in [-0.2, 0) is 0 Å². The van der Waals surface area contributed by atoms with Crippen molar-refractivity contribution >= 4 is 12.4 Å². The van der Waals surface area contributed by atoms with E-state index >= 15 is 0 Å². The minimum absolute atomic E-state index is 0. The Morgan fingerprint density at radius 3 is 2.40 bits per heavy atom. The average molecular weight is 232 g/mol. The van der Waals surface area contributed by atoms with Crippen molar-refractivity contribution in [2.75, 3.05) is 14.2 Å². The van der Waals surface area contributed by atoms with Gasteiger partial charge in [-0.3, -0.25) is 0 Å². The van der Waals surface area contributed by atoms with Gasteiger partial charge in [-0.05, 0) is 12.5 Å². The highest BCUT2D eigenvalue weighted by Crippen LogP contribution is 2.34. The number of methoxy groups -OCH3 is 2. The molecule has 0 aliphatic carbocycles. The molecule has 3 nitrogen and oxygen atoms in total. The van der Waals surface area contributed by atoms with Crippen molar-refractivity contribution in [3.05, 3.63) is 23.8 Å². The third-order valence-electron chi connectivity index (χ3n) is 2.27. The van der Waals surface area contributed by atoms with Gasteiger partial charge < -0.3 is 15.2 Å². The number of ether oxygens (including phenoxy) is 2. The molecule has 0 spiro atoms. The molecule has 0 saturated heterocycles. The fraction of sp³-hybridized carbons (Fsp3) is 0.455. The van der Waals surface area contributed by atoms with Crippen LogP contribution in [-0.4, -0.2) is 14.2 Å². The van der Waals surface area contributed by atoms with Gasteiger partial charge in [-0.2, -0.15) is 0 Å². The maximum absolute atomic E-state index is 5.96. The number of para-hydroxylation sites is 1. The summed E-state index contributed by atoms with van der Waals surface area (Å²) in [5.74, 6) is 1.47. The highest BCUT2D eigenvalue weighted by atomic mass is 35.5. The molecule has 86 valence electrons. The summed E-state index contributed by atoms with van der Waals surface area (Å²) in [5.41, 5.74) is 6.95. The summed E-state index contributed by atoms with van der Waals surface area (Å²) >= 11 is 0. The van der Waals surface area contributed by atoms with Gasteiger partial charge in [-0.25, -0.2) is 0 Å². The number of halogens is 1. The van der Waals surface area contributed by atoms with E-state index in [1.54, 1.807) is 14.2 Å². The molecule has 4 heteroatoms. The molecule has 0 amide bonds. The third kappa shape index (κ3) is 3.01. The molecule has 0 bridgehead atoms. The average Bonchev–Trinajstić information content (AvgIpc) is 2.26. The van der Waals surface area contributed by atoms with Gasteiger partial charge in [-0.15, -0.1) is 12.4 Å². The highest BCUT2D eigenvalue weighted by molar-refractivity contribution is 5.85. The number of rotatable bonds is 4. The topological polar surface area (TPSA) is 44.5 Å². The van der Waals surface area contributed by atoms with Crippen molar-refractivity contribution in [2.24, 2.45) is 5.73 Å². The summed E-state index contributed by atoms with van der Waals surface area (Å²) in [6.45, 7) is 2.05. The molecule has 1 atom stereocenters. The predicted octanol–water partition coefficient (Wildman–Crippen LogP) is 2.54. The Morgan fingerprint density at radius 1 is 1.27 bits per heavy atom. The van der Waals surface area contributed by atoms with Crippen LogP contribution < -0.4 is 15.2 Å². The minimum Gasteiger partial charge on any atom is -0.493 e. The summed E-state index contributed by atoms with van der Waals surface area (Å²) in [7, 11) is 3.25. The van der Waals surface area contributed by atoms with Gasteiger partial charge in [0.15, 0.2) is 11.5 Å². The first kappa shape index (κ1) is 14.1. The van der Waals surface area contributed by atoms with Crippen molar-refractivity contribution in [3.63, 3.8) is 0 Å². The monoisotopic (exact) mass is 231 g/mol. The van der Waals surface area contributed by atoms with Crippen molar-refractivity contribution in [1.82, 2.24) is 0 Å². The lowest BCUT2D eigenvalue weighted by molar-refractivity contribution is 0.349. The fourth-order valence-corrected chi connectivity index (χ4v) is 1.42. The summed E-state index contributed by atoms with van der Waals surface area (Å²) in [6, 6.07) is 5.76. The number of nitrogens with two attached hydrogens (primary N) is 1. The number of hydrogen-bond acceptors (Lipinski definition) is 3. The van der Waals surface area contributed by atoms with Gasteiger partial charge in [0.2, 0.25) is 0 Å². The van der Waals surface area contributed by atoms with E-state index in [0.29, 0.717) is 0 Å². The van der Waals surface area contributed by atoms with Crippen LogP contribution in [0, 0.1) is 0 Å². The van der Waals surface area contributed by atoms with E-state index in [9.17, 15) is 0 Å². The Balaban J connectivity index is 0.00000196. The lowest BCUT2D eigenvalue weighted by Crippen LogP contribution is -2.10. The Morgan fingerprint density at radius 2 is 1.93 bits per heavy atom. The molecule has 0 aliphatic rings. The molecule has 0 heterocycles. The lowest BCUT2D eigenvalue weighted by Gasteiger charge is -2.16. The normalized spacial score (nSPS) is 11.5. The van der Waals surface area contributed by atoms with Gasteiger partial charge in [0.05, 0.1) is 14.2 Å². The Labute approximate surface area is 97.0 Å². The van der Waals surface area contributed by atoms with Crippen molar-refractivity contribution in [1.29, 1.82) is 0 Å². The van der Waals surface area contributed by atoms with Crippen LogP contribution in [0.3, 0.4) is 0 Å². The zero-order valence-corrected chi connectivity index (χ0v) is 10.1. The predicted molar refractivity (Wildman–Crippen MR) is 64.0 cm³/mol. The van der Waals surface area contributed by atoms with Crippen molar-refractivity contribution in [2.45, 2.75) is 19.4 Å². The molecule has 1 aromatic rings. The second-order valence-electron chi connectivity index (χ2n) is 3.10. The quantitative estimate of drug-likeness (QED) is 0.866. The van der Waals surface area contributed by atoms with E-state index in [0.717, 1.165) is 23.5 Å². The number of benzene rings is 1. The van der Waals surface area contributed by atoms with Crippen LogP contribution in [0.5, 0.6) is 11.5 Å². The summed E-state index contributed by atoms with van der Waals surface area (Å²) in [6.07, 6.45) is 0.878. The highest BCUT2D eigenvalue weighted by Gasteiger charge is 2.13. The second kappa shape index (κ2) is 6.53. The molecule has 0 unspecified atom stereocenters. The van der Waals surface area contributed by atoms with E-state index in [-0.39, 0.29) is 18.4 Å². The van der Waals surface area contributed by atoms with E-state index in [1.165, 1.54) is 0 Å². The van der Waals surface area contributed by atoms with Gasteiger partial charge in [-0.1, -0.05) is 19.1 Å². The third-order valence-corrected chi connectivity index (χ3v) is 2.27.